The lowest BCUT2D eigenvalue weighted by Crippen LogP contribution is -2.46. The van der Waals surface area contributed by atoms with E-state index in [4.69, 9.17) is 11.6 Å². The number of para-hydroxylation sites is 1. The molecule has 2 heterocycles. The highest BCUT2D eigenvalue weighted by atomic mass is 35.5. The fourth-order valence-electron chi connectivity index (χ4n) is 3.25. The first-order valence-electron chi connectivity index (χ1n) is 8.40. The fourth-order valence-corrected chi connectivity index (χ4v) is 3.42. The van der Waals surface area contributed by atoms with Gasteiger partial charge in [0.05, 0.1) is 17.4 Å². The highest BCUT2D eigenvalue weighted by Crippen LogP contribution is 2.17. The number of H-pyrrole nitrogens is 1. The van der Waals surface area contributed by atoms with Crippen LogP contribution in [0.4, 0.5) is 5.69 Å². The average Bonchev–Trinajstić information content (AvgIpc) is 2.63. The van der Waals surface area contributed by atoms with Crippen molar-refractivity contribution in [2.24, 2.45) is 0 Å². The van der Waals surface area contributed by atoms with E-state index in [1.54, 1.807) is 18.2 Å². The number of piperazine rings is 1. The van der Waals surface area contributed by atoms with E-state index in [2.05, 4.69) is 44.0 Å². The molecule has 0 amide bonds. The molecular formula is C19H19ClN4O. The van der Waals surface area contributed by atoms with Crippen molar-refractivity contribution in [3.8, 4) is 0 Å². The number of aromatic nitrogens is 2. The molecule has 0 unspecified atom stereocenters. The lowest BCUT2D eigenvalue weighted by Gasteiger charge is -2.35. The predicted molar refractivity (Wildman–Crippen MR) is 101 cm³/mol. The van der Waals surface area contributed by atoms with Crippen LogP contribution in [-0.2, 0) is 6.54 Å². The van der Waals surface area contributed by atoms with Crippen LogP contribution in [0.2, 0.25) is 5.02 Å². The van der Waals surface area contributed by atoms with Gasteiger partial charge in [-0.15, -0.1) is 0 Å². The topological polar surface area (TPSA) is 52.2 Å². The molecule has 128 valence electrons. The van der Waals surface area contributed by atoms with Crippen molar-refractivity contribution < 1.29 is 0 Å². The van der Waals surface area contributed by atoms with Crippen LogP contribution < -0.4 is 10.5 Å². The van der Waals surface area contributed by atoms with Crippen molar-refractivity contribution in [3.63, 3.8) is 0 Å². The summed E-state index contributed by atoms with van der Waals surface area (Å²) >= 11 is 6.02. The molecular weight excluding hydrogens is 336 g/mol. The fraction of sp³-hybridized carbons (Fsp3) is 0.263. The number of hydrogen-bond donors (Lipinski definition) is 1. The summed E-state index contributed by atoms with van der Waals surface area (Å²) in [6, 6.07) is 15.6. The Balaban J connectivity index is 1.47. The van der Waals surface area contributed by atoms with Crippen LogP contribution >= 0.6 is 11.6 Å². The van der Waals surface area contributed by atoms with Gasteiger partial charge in [0.2, 0.25) is 0 Å². The zero-order chi connectivity index (χ0) is 17.2. The summed E-state index contributed by atoms with van der Waals surface area (Å²) in [5, 5.41) is 1.16. The Hall–Kier alpha value is -2.37. The van der Waals surface area contributed by atoms with Crippen LogP contribution in [0.15, 0.2) is 53.3 Å². The zero-order valence-electron chi connectivity index (χ0n) is 13.8. The van der Waals surface area contributed by atoms with Gasteiger partial charge in [-0.3, -0.25) is 9.69 Å². The van der Waals surface area contributed by atoms with Crippen LogP contribution in [0, 0.1) is 0 Å². The third-order valence-electron chi connectivity index (χ3n) is 4.58. The minimum atomic E-state index is -0.111. The number of rotatable bonds is 3. The van der Waals surface area contributed by atoms with E-state index in [9.17, 15) is 4.79 Å². The van der Waals surface area contributed by atoms with Gasteiger partial charge < -0.3 is 9.88 Å². The first-order chi connectivity index (χ1) is 12.2. The van der Waals surface area contributed by atoms with Gasteiger partial charge in [0.25, 0.3) is 5.56 Å². The molecule has 5 nitrogen and oxygen atoms in total. The molecule has 1 N–H and O–H groups in total. The first kappa shape index (κ1) is 16.1. The lowest BCUT2D eigenvalue weighted by atomic mass is 10.2. The van der Waals surface area contributed by atoms with Crippen molar-refractivity contribution in [2.45, 2.75) is 6.54 Å². The Labute approximate surface area is 150 Å². The number of benzene rings is 2. The van der Waals surface area contributed by atoms with Crippen molar-refractivity contribution in [1.29, 1.82) is 0 Å². The van der Waals surface area contributed by atoms with Crippen LogP contribution in [0.5, 0.6) is 0 Å². The molecule has 0 spiro atoms. The summed E-state index contributed by atoms with van der Waals surface area (Å²) < 4.78 is 0. The number of nitrogens with one attached hydrogen (secondary N) is 1. The Morgan fingerprint density at radius 3 is 2.56 bits per heavy atom. The lowest BCUT2D eigenvalue weighted by molar-refractivity contribution is 0.244. The van der Waals surface area contributed by atoms with Gasteiger partial charge in [-0.1, -0.05) is 29.8 Å². The maximum Gasteiger partial charge on any atom is 0.258 e. The normalized spacial score (nSPS) is 15.6. The van der Waals surface area contributed by atoms with E-state index in [-0.39, 0.29) is 5.56 Å². The summed E-state index contributed by atoms with van der Waals surface area (Å²) in [4.78, 5) is 24.4. The van der Waals surface area contributed by atoms with Crippen molar-refractivity contribution in [1.82, 2.24) is 14.9 Å². The van der Waals surface area contributed by atoms with E-state index in [0.717, 1.165) is 26.2 Å². The third-order valence-corrected chi connectivity index (χ3v) is 4.82. The molecule has 0 atom stereocenters. The molecule has 1 aliphatic heterocycles. The van der Waals surface area contributed by atoms with Gasteiger partial charge in [-0.25, -0.2) is 4.98 Å². The number of hydrogen-bond acceptors (Lipinski definition) is 4. The van der Waals surface area contributed by atoms with Crippen molar-refractivity contribution >= 4 is 28.2 Å². The van der Waals surface area contributed by atoms with E-state index < -0.39 is 0 Å². The maximum atomic E-state index is 12.2. The van der Waals surface area contributed by atoms with E-state index >= 15 is 0 Å². The third kappa shape index (κ3) is 3.52. The van der Waals surface area contributed by atoms with Gasteiger partial charge >= 0.3 is 0 Å². The Kier molecular flexibility index (Phi) is 4.42. The number of anilines is 1. The van der Waals surface area contributed by atoms with Crippen LogP contribution in [0.3, 0.4) is 0 Å². The summed E-state index contributed by atoms with van der Waals surface area (Å²) in [5.41, 5.74) is 1.79. The van der Waals surface area contributed by atoms with Gasteiger partial charge in [-0.2, -0.15) is 0 Å². The second kappa shape index (κ2) is 6.86. The molecule has 3 aromatic rings. The van der Waals surface area contributed by atoms with E-state index in [1.165, 1.54) is 5.69 Å². The Bertz CT molecular complexity index is 933. The molecule has 4 rings (SSSR count). The second-order valence-corrected chi connectivity index (χ2v) is 6.71. The van der Waals surface area contributed by atoms with E-state index in [0.29, 0.717) is 28.3 Å². The van der Waals surface area contributed by atoms with E-state index in [1.807, 2.05) is 6.07 Å². The standard InChI is InChI=1S/C19H19ClN4O/c20-14-6-7-16-17(12-14)21-18(22-19(16)25)13-23-8-10-24(11-9-23)15-4-2-1-3-5-15/h1-7,12H,8-11,13H2,(H,21,22,25). The maximum absolute atomic E-state index is 12.2. The number of halogens is 1. The number of fused-ring (bicyclic) bond motifs is 1. The van der Waals surface area contributed by atoms with Gasteiger partial charge in [-0.05, 0) is 30.3 Å². The van der Waals surface area contributed by atoms with Crippen LogP contribution in [0.1, 0.15) is 5.82 Å². The summed E-state index contributed by atoms with van der Waals surface area (Å²) in [6.07, 6.45) is 0. The molecule has 0 bridgehead atoms. The predicted octanol–water partition coefficient (Wildman–Crippen LogP) is 2.90. The smallest absolute Gasteiger partial charge is 0.258 e. The zero-order valence-corrected chi connectivity index (χ0v) is 14.5. The molecule has 25 heavy (non-hydrogen) atoms. The molecule has 6 heteroatoms. The summed E-state index contributed by atoms with van der Waals surface area (Å²) in [5.74, 6) is 0.688. The Morgan fingerprint density at radius 1 is 1.04 bits per heavy atom. The summed E-state index contributed by atoms with van der Waals surface area (Å²) in [6.45, 7) is 4.44. The molecule has 1 saturated heterocycles. The number of nitrogens with zero attached hydrogens (tertiary/aromatic N) is 3. The molecule has 1 aliphatic rings. The minimum Gasteiger partial charge on any atom is -0.369 e. The van der Waals surface area contributed by atoms with Crippen molar-refractivity contribution in [3.05, 3.63) is 69.7 Å². The highest BCUT2D eigenvalue weighted by molar-refractivity contribution is 6.31. The molecule has 0 aliphatic carbocycles. The summed E-state index contributed by atoms with van der Waals surface area (Å²) in [7, 11) is 0. The molecule has 2 aromatic carbocycles. The second-order valence-electron chi connectivity index (χ2n) is 6.27. The molecule has 0 radical (unpaired) electrons. The number of aromatic amines is 1. The SMILES string of the molecule is O=c1[nH]c(CN2CCN(c3ccccc3)CC2)nc2cc(Cl)ccc12. The molecule has 0 saturated carbocycles. The average molecular weight is 355 g/mol. The minimum absolute atomic E-state index is 0.111. The monoisotopic (exact) mass is 354 g/mol. The first-order valence-corrected chi connectivity index (χ1v) is 8.78. The largest absolute Gasteiger partial charge is 0.369 e. The molecule has 1 fully saturated rings. The van der Waals surface area contributed by atoms with Crippen LogP contribution in [-0.4, -0.2) is 41.0 Å². The van der Waals surface area contributed by atoms with Gasteiger partial charge in [0.15, 0.2) is 0 Å². The van der Waals surface area contributed by atoms with Gasteiger partial charge in [0.1, 0.15) is 5.82 Å². The Morgan fingerprint density at radius 2 is 1.80 bits per heavy atom. The van der Waals surface area contributed by atoms with Crippen molar-refractivity contribution in [2.75, 3.05) is 31.1 Å². The quantitative estimate of drug-likeness (QED) is 0.785. The molecule has 1 aromatic heterocycles. The van der Waals surface area contributed by atoms with Crippen LogP contribution in [0.25, 0.3) is 10.9 Å². The highest BCUT2D eigenvalue weighted by Gasteiger charge is 2.18. The van der Waals surface area contributed by atoms with Gasteiger partial charge in [0, 0.05) is 36.9 Å².